The Morgan fingerprint density at radius 1 is 1.00 bits per heavy atom. The number of likely N-dealkylation sites (N-methyl/N-ethyl adjacent to an activating group) is 2. The Labute approximate surface area is 152 Å². The minimum Gasteiger partial charge on any atom is -0.340 e. The highest BCUT2D eigenvalue weighted by Gasteiger charge is 2.34. The van der Waals surface area contributed by atoms with Crippen LogP contribution in [0, 0.1) is 0 Å². The predicted octanol–water partition coefficient (Wildman–Crippen LogP) is 4.36. The summed E-state index contributed by atoms with van der Waals surface area (Å²) in [5.41, 5.74) is 0.194. The Morgan fingerprint density at radius 2 is 1.58 bits per heavy atom. The predicted molar refractivity (Wildman–Crippen MR) is 95.4 cm³/mol. The molecule has 0 bridgehead atoms. The number of amides is 1. The summed E-state index contributed by atoms with van der Waals surface area (Å²) in [6.45, 7) is 2.47. The first-order chi connectivity index (χ1) is 12.3. The van der Waals surface area contributed by atoms with Gasteiger partial charge in [0.05, 0.1) is 5.56 Å². The lowest BCUT2D eigenvalue weighted by Gasteiger charge is -2.31. The number of hydrogen-bond acceptors (Lipinski definition) is 2. The number of halogens is 3. The van der Waals surface area contributed by atoms with E-state index in [1.54, 1.807) is 6.07 Å². The van der Waals surface area contributed by atoms with Gasteiger partial charge in [-0.25, -0.2) is 0 Å². The molecule has 3 nitrogen and oxygen atoms in total. The van der Waals surface area contributed by atoms with Gasteiger partial charge in [-0.1, -0.05) is 55.5 Å². The van der Waals surface area contributed by atoms with Crippen LogP contribution in [0.1, 0.15) is 29.7 Å². The molecule has 1 amide bonds. The molecule has 6 heteroatoms. The monoisotopic (exact) mass is 364 g/mol. The topological polar surface area (TPSA) is 23.6 Å². The van der Waals surface area contributed by atoms with Crippen LogP contribution in [0.4, 0.5) is 13.2 Å². The molecule has 0 saturated carbocycles. The first-order valence-corrected chi connectivity index (χ1v) is 8.41. The summed E-state index contributed by atoms with van der Waals surface area (Å²) in [5.74, 6) is -0.238. The van der Waals surface area contributed by atoms with E-state index in [1.165, 1.54) is 24.1 Å². The van der Waals surface area contributed by atoms with Crippen LogP contribution in [0.15, 0.2) is 54.6 Å². The fourth-order valence-electron chi connectivity index (χ4n) is 2.88. The molecule has 0 aromatic heterocycles. The Morgan fingerprint density at radius 3 is 2.15 bits per heavy atom. The molecule has 2 aromatic carbocycles. The normalized spacial score (nSPS) is 12.9. The number of carbonyl (C=O) groups is 1. The van der Waals surface area contributed by atoms with Gasteiger partial charge < -0.3 is 4.90 Å². The van der Waals surface area contributed by atoms with E-state index < -0.39 is 17.8 Å². The van der Waals surface area contributed by atoms with Gasteiger partial charge in [-0.2, -0.15) is 13.2 Å². The zero-order chi connectivity index (χ0) is 19.3. The molecule has 26 heavy (non-hydrogen) atoms. The average molecular weight is 364 g/mol. The fraction of sp³-hybridized carbons (Fsp3) is 0.350. The Kier molecular flexibility index (Phi) is 6.42. The van der Waals surface area contributed by atoms with Crippen LogP contribution in [-0.4, -0.2) is 36.3 Å². The zero-order valence-corrected chi connectivity index (χ0v) is 15.1. The molecular formula is C20H23F3N2O. The molecule has 0 fully saturated rings. The highest BCUT2D eigenvalue weighted by Crippen LogP contribution is 2.32. The van der Waals surface area contributed by atoms with Crippen molar-refractivity contribution in [2.45, 2.75) is 25.7 Å². The third-order valence-electron chi connectivity index (χ3n) is 4.40. The van der Waals surface area contributed by atoms with E-state index in [2.05, 4.69) is 0 Å². The summed E-state index contributed by atoms with van der Waals surface area (Å²) in [6.07, 6.45) is -4.44. The number of benzene rings is 2. The maximum Gasteiger partial charge on any atom is 0.416 e. The summed E-state index contributed by atoms with van der Waals surface area (Å²) in [6, 6.07) is 14.1. The van der Waals surface area contributed by atoms with Crippen molar-refractivity contribution in [3.05, 3.63) is 71.3 Å². The van der Waals surface area contributed by atoms with E-state index in [0.717, 1.165) is 11.6 Å². The smallest absolute Gasteiger partial charge is 0.340 e. The fourth-order valence-corrected chi connectivity index (χ4v) is 2.88. The quantitative estimate of drug-likeness (QED) is 0.761. The molecule has 0 aliphatic heterocycles. The van der Waals surface area contributed by atoms with Crippen molar-refractivity contribution < 1.29 is 18.0 Å². The first kappa shape index (κ1) is 20.0. The molecule has 140 valence electrons. The van der Waals surface area contributed by atoms with Crippen LogP contribution in [-0.2, 0) is 17.5 Å². The molecule has 0 radical (unpaired) electrons. The van der Waals surface area contributed by atoms with Gasteiger partial charge in [0.25, 0.3) is 0 Å². The van der Waals surface area contributed by atoms with Crippen LogP contribution >= 0.6 is 0 Å². The van der Waals surface area contributed by atoms with Crippen molar-refractivity contribution in [3.8, 4) is 0 Å². The molecule has 1 unspecified atom stereocenters. The highest BCUT2D eigenvalue weighted by molar-refractivity contribution is 5.83. The van der Waals surface area contributed by atoms with Gasteiger partial charge in [-0.15, -0.1) is 0 Å². The molecule has 2 rings (SSSR count). The lowest BCUT2D eigenvalue weighted by Crippen LogP contribution is -2.39. The standard InChI is InChI=1S/C20H23F3N2O/c1-4-24(2)18(15-10-6-5-7-11-15)19(26)25(3)14-16-12-8-9-13-17(16)20(21,22)23/h5-13,18H,4,14H2,1-3H3. The SMILES string of the molecule is CCN(C)C(C(=O)N(C)Cc1ccccc1C(F)(F)F)c1ccccc1. The summed E-state index contributed by atoms with van der Waals surface area (Å²) in [5, 5.41) is 0. The number of hydrogen-bond donors (Lipinski definition) is 0. The summed E-state index contributed by atoms with van der Waals surface area (Å²) in [7, 11) is 3.36. The van der Waals surface area contributed by atoms with Crippen LogP contribution < -0.4 is 0 Å². The maximum absolute atomic E-state index is 13.2. The average Bonchev–Trinajstić information content (AvgIpc) is 2.62. The molecule has 0 N–H and O–H groups in total. The summed E-state index contributed by atoms with van der Waals surface area (Å²) in [4.78, 5) is 16.2. The molecule has 2 aromatic rings. The van der Waals surface area contributed by atoms with E-state index >= 15 is 0 Å². The number of rotatable bonds is 6. The molecule has 0 aliphatic rings. The Hall–Kier alpha value is -2.34. The third-order valence-corrected chi connectivity index (χ3v) is 4.40. The second-order valence-electron chi connectivity index (χ2n) is 6.24. The number of nitrogens with zero attached hydrogens (tertiary/aromatic N) is 2. The Balaban J connectivity index is 2.28. The van der Waals surface area contributed by atoms with Crippen molar-refractivity contribution in [2.24, 2.45) is 0 Å². The summed E-state index contributed by atoms with van der Waals surface area (Å²) >= 11 is 0. The largest absolute Gasteiger partial charge is 0.416 e. The Bertz CT molecular complexity index is 731. The van der Waals surface area contributed by atoms with Gasteiger partial charge in [-0.3, -0.25) is 9.69 Å². The minimum absolute atomic E-state index is 0.0850. The molecule has 0 saturated heterocycles. The van der Waals surface area contributed by atoms with Crippen molar-refractivity contribution in [3.63, 3.8) is 0 Å². The minimum atomic E-state index is -4.44. The molecule has 0 spiro atoms. The van der Waals surface area contributed by atoms with Crippen LogP contribution in [0.3, 0.4) is 0 Å². The van der Waals surface area contributed by atoms with E-state index in [0.29, 0.717) is 6.54 Å². The van der Waals surface area contributed by atoms with Gasteiger partial charge in [-0.05, 0) is 30.8 Å². The van der Waals surface area contributed by atoms with E-state index in [1.807, 2.05) is 49.2 Å². The first-order valence-electron chi connectivity index (χ1n) is 8.41. The van der Waals surface area contributed by atoms with Gasteiger partial charge in [0.2, 0.25) is 5.91 Å². The van der Waals surface area contributed by atoms with Crippen LogP contribution in [0.25, 0.3) is 0 Å². The van der Waals surface area contributed by atoms with E-state index in [9.17, 15) is 18.0 Å². The highest BCUT2D eigenvalue weighted by atomic mass is 19.4. The van der Waals surface area contributed by atoms with Crippen molar-refractivity contribution in [1.29, 1.82) is 0 Å². The number of carbonyl (C=O) groups excluding carboxylic acids is 1. The van der Waals surface area contributed by atoms with Gasteiger partial charge >= 0.3 is 6.18 Å². The molecule has 0 heterocycles. The second-order valence-corrected chi connectivity index (χ2v) is 6.24. The van der Waals surface area contributed by atoms with Gasteiger partial charge in [0, 0.05) is 13.6 Å². The van der Waals surface area contributed by atoms with Crippen molar-refractivity contribution in [1.82, 2.24) is 9.80 Å². The van der Waals surface area contributed by atoms with Crippen molar-refractivity contribution in [2.75, 3.05) is 20.6 Å². The molecule has 1 atom stereocenters. The molecule has 0 aliphatic carbocycles. The lowest BCUT2D eigenvalue weighted by molar-refractivity contribution is -0.140. The third kappa shape index (κ3) is 4.64. The van der Waals surface area contributed by atoms with E-state index in [4.69, 9.17) is 0 Å². The maximum atomic E-state index is 13.2. The molecular weight excluding hydrogens is 341 g/mol. The summed E-state index contributed by atoms with van der Waals surface area (Å²) < 4.78 is 39.6. The van der Waals surface area contributed by atoms with Gasteiger partial charge in [0.15, 0.2) is 0 Å². The van der Waals surface area contributed by atoms with Crippen LogP contribution in [0.5, 0.6) is 0 Å². The van der Waals surface area contributed by atoms with E-state index in [-0.39, 0.29) is 18.0 Å². The van der Waals surface area contributed by atoms with Crippen molar-refractivity contribution >= 4 is 5.91 Å². The number of alkyl halides is 3. The van der Waals surface area contributed by atoms with Crippen LogP contribution in [0.2, 0.25) is 0 Å². The second kappa shape index (κ2) is 8.36. The van der Waals surface area contributed by atoms with Gasteiger partial charge in [0.1, 0.15) is 6.04 Å². The lowest BCUT2D eigenvalue weighted by atomic mass is 10.0. The zero-order valence-electron chi connectivity index (χ0n) is 15.1.